The molecular formula is C14H15N3O2. The van der Waals surface area contributed by atoms with Crippen molar-refractivity contribution >= 4 is 11.5 Å². The summed E-state index contributed by atoms with van der Waals surface area (Å²) in [5, 5.41) is 13.8. The van der Waals surface area contributed by atoms with Gasteiger partial charge in [0, 0.05) is 18.8 Å². The number of aryl methyl sites for hydroxylation is 1. The zero-order chi connectivity index (χ0) is 13.5. The van der Waals surface area contributed by atoms with E-state index in [2.05, 4.69) is 22.4 Å². The summed E-state index contributed by atoms with van der Waals surface area (Å²) in [6, 6.07) is 13.2. The van der Waals surface area contributed by atoms with E-state index in [4.69, 9.17) is 0 Å². The Morgan fingerprint density at radius 3 is 2.68 bits per heavy atom. The van der Waals surface area contributed by atoms with Crippen LogP contribution in [-0.2, 0) is 6.42 Å². The van der Waals surface area contributed by atoms with Crippen LogP contribution in [0.3, 0.4) is 0 Å². The number of pyridine rings is 1. The third-order valence-corrected chi connectivity index (χ3v) is 2.76. The quantitative estimate of drug-likeness (QED) is 0.490. The van der Waals surface area contributed by atoms with Gasteiger partial charge in [-0.25, -0.2) is 4.98 Å². The highest BCUT2D eigenvalue weighted by molar-refractivity contribution is 5.54. The van der Waals surface area contributed by atoms with Crippen LogP contribution in [0.1, 0.15) is 12.0 Å². The topological polar surface area (TPSA) is 68.1 Å². The molecule has 5 nitrogen and oxygen atoms in total. The van der Waals surface area contributed by atoms with Crippen LogP contribution in [0.5, 0.6) is 0 Å². The molecule has 0 amide bonds. The van der Waals surface area contributed by atoms with E-state index in [-0.39, 0.29) is 5.69 Å². The molecule has 1 aromatic heterocycles. The standard InChI is InChI=1S/C14H15N3O2/c18-17(19)13-9-5-11-16-14(13)15-10-4-8-12-6-2-1-3-7-12/h1-3,5-7,9,11H,4,8,10H2,(H,15,16). The molecule has 0 aliphatic heterocycles. The van der Waals surface area contributed by atoms with Crippen molar-refractivity contribution in [1.29, 1.82) is 0 Å². The van der Waals surface area contributed by atoms with E-state index in [0.29, 0.717) is 12.4 Å². The van der Waals surface area contributed by atoms with Gasteiger partial charge < -0.3 is 5.32 Å². The van der Waals surface area contributed by atoms with E-state index < -0.39 is 4.92 Å². The highest BCUT2D eigenvalue weighted by Gasteiger charge is 2.12. The van der Waals surface area contributed by atoms with Crippen LogP contribution in [-0.4, -0.2) is 16.5 Å². The minimum Gasteiger partial charge on any atom is -0.364 e. The van der Waals surface area contributed by atoms with Gasteiger partial charge in [0.2, 0.25) is 5.82 Å². The van der Waals surface area contributed by atoms with E-state index in [1.165, 1.54) is 11.6 Å². The molecule has 19 heavy (non-hydrogen) atoms. The Bertz CT molecular complexity index is 543. The maximum Gasteiger partial charge on any atom is 0.311 e. The fraction of sp³-hybridized carbons (Fsp3) is 0.214. The van der Waals surface area contributed by atoms with Gasteiger partial charge in [-0.1, -0.05) is 30.3 Å². The molecule has 5 heteroatoms. The summed E-state index contributed by atoms with van der Waals surface area (Å²) in [6.45, 7) is 0.659. The van der Waals surface area contributed by atoms with Gasteiger partial charge >= 0.3 is 5.69 Å². The first-order chi connectivity index (χ1) is 9.27. The minimum atomic E-state index is -0.424. The first kappa shape index (κ1) is 13.0. The van der Waals surface area contributed by atoms with Gasteiger partial charge in [0.1, 0.15) is 0 Å². The van der Waals surface area contributed by atoms with Crippen LogP contribution in [0.15, 0.2) is 48.7 Å². The van der Waals surface area contributed by atoms with E-state index >= 15 is 0 Å². The van der Waals surface area contributed by atoms with Crippen LogP contribution < -0.4 is 5.32 Å². The van der Waals surface area contributed by atoms with Crippen molar-refractivity contribution in [1.82, 2.24) is 4.98 Å². The van der Waals surface area contributed by atoms with Gasteiger partial charge in [0.25, 0.3) is 0 Å². The molecule has 1 aromatic carbocycles. The normalized spacial score (nSPS) is 10.1. The molecule has 0 saturated carbocycles. The Hall–Kier alpha value is -2.43. The molecule has 0 atom stereocenters. The average Bonchev–Trinajstić information content (AvgIpc) is 2.45. The lowest BCUT2D eigenvalue weighted by Crippen LogP contribution is -2.06. The smallest absolute Gasteiger partial charge is 0.311 e. The number of hydrogen-bond acceptors (Lipinski definition) is 4. The average molecular weight is 257 g/mol. The zero-order valence-corrected chi connectivity index (χ0v) is 10.5. The summed E-state index contributed by atoms with van der Waals surface area (Å²) in [5.74, 6) is 0.334. The molecule has 0 fully saturated rings. The molecule has 0 radical (unpaired) electrons. The van der Waals surface area contributed by atoms with Crippen LogP contribution in [0, 0.1) is 10.1 Å². The van der Waals surface area contributed by atoms with Gasteiger partial charge in [0.15, 0.2) is 0 Å². The Kier molecular flexibility index (Phi) is 4.44. The molecule has 0 spiro atoms. The highest BCUT2D eigenvalue weighted by Crippen LogP contribution is 2.20. The van der Waals surface area contributed by atoms with Crippen LogP contribution in [0.2, 0.25) is 0 Å². The molecular weight excluding hydrogens is 242 g/mol. The van der Waals surface area contributed by atoms with Crippen molar-refractivity contribution in [2.24, 2.45) is 0 Å². The number of benzene rings is 1. The SMILES string of the molecule is O=[N+]([O-])c1cccnc1NCCCc1ccccc1. The molecule has 0 saturated heterocycles. The monoisotopic (exact) mass is 257 g/mol. The van der Waals surface area contributed by atoms with Crippen molar-refractivity contribution in [3.8, 4) is 0 Å². The van der Waals surface area contributed by atoms with E-state index in [1.54, 1.807) is 12.3 Å². The fourth-order valence-corrected chi connectivity index (χ4v) is 1.82. The van der Waals surface area contributed by atoms with Crippen molar-refractivity contribution in [2.45, 2.75) is 12.8 Å². The summed E-state index contributed by atoms with van der Waals surface area (Å²) in [7, 11) is 0. The number of anilines is 1. The lowest BCUT2D eigenvalue weighted by Gasteiger charge is -2.05. The fourth-order valence-electron chi connectivity index (χ4n) is 1.82. The largest absolute Gasteiger partial charge is 0.364 e. The lowest BCUT2D eigenvalue weighted by molar-refractivity contribution is -0.384. The Labute approximate surface area is 111 Å². The molecule has 1 N–H and O–H groups in total. The lowest BCUT2D eigenvalue weighted by atomic mass is 10.1. The number of nitro groups is 1. The summed E-state index contributed by atoms with van der Waals surface area (Å²) in [4.78, 5) is 14.4. The predicted molar refractivity (Wildman–Crippen MR) is 74.1 cm³/mol. The summed E-state index contributed by atoms with van der Waals surface area (Å²) < 4.78 is 0. The second kappa shape index (κ2) is 6.49. The first-order valence-electron chi connectivity index (χ1n) is 6.14. The van der Waals surface area contributed by atoms with Crippen molar-refractivity contribution in [3.63, 3.8) is 0 Å². The molecule has 0 bridgehead atoms. The zero-order valence-electron chi connectivity index (χ0n) is 10.5. The predicted octanol–water partition coefficient (Wildman–Crippen LogP) is 3.03. The number of nitrogens with zero attached hydrogens (tertiary/aromatic N) is 2. The Balaban J connectivity index is 1.85. The van der Waals surface area contributed by atoms with Crippen molar-refractivity contribution in [3.05, 3.63) is 64.3 Å². The number of aromatic nitrogens is 1. The maximum absolute atomic E-state index is 10.8. The van der Waals surface area contributed by atoms with E-state index in [9.17, 15) is 10.1 Å². The molecule has 0 unspecified atom stereocenters. The maximum atomic E-state index is 10.8. The molecule has 0 aliphatic rings. The van der Waals surface area contributed by atoms with Crippen LogP contribution in [0.4, 0.5) is 11.5 Å². The molecule has 98 valence electrons. The van der Waals surface area contributed by atoms with Crippen LogP contribution in [0.25, 0.3) is 0 Å². The van der Waals surface area contributed by atoms with E-state index in [0.717, 1.165) is 12.8 Å². The van der Waals surface area contributed by atoms with Crippen molar-refractivity contribution < 1.29 is 4.92 Å². The molecule has 0 aliphatic carbocycles. The second-order valence-corrected chi connectivity index (χ2v) is 4.14. The summed E-state index contributed by atoms with van der Waals surface area (Å²) in [6.07, 6.45) is 3.39. The Morgan fingerprint density at radius 1 is 1.16 bits per heavy atom. The molecule has 2 rings (SSSR count). The summed E-state index contributed by atoms with van der Waals surface area (Å²) >= 11 is 0. The third-order valence-electron chi connectivity index (χ3n) is 2.76. The third kappa shape index (κ3) is 3.77. The van der Waals surface area contributed by atoms with E-state index in [1.807, 2.05) is 18.2 Å². The molecule has 2 aromatic rings. The Morgan fingerprint density at radius 2 is 1.95 bits per heavy atom. The van der Waals surface area contributed by atoms with Gasteiger partial charge in [-0.15, -0.1) is 0 Å². The minimum absolute atomic E-state index is 0.0159. The van der Waals surface area contributed by atoms with Gasteiger partial charge in [-0.3, -0.25) is 10.1 Å². The summed E-state index contributed by atoms with van der Waals surface area (Å²) in [5.41, 5.74) is 1.28. The second-order valence-electron chi connectivity index (χ2n) is 4.14. The van der Waals surface area contributed by atoms with Gasteiger partial charge in [-0.05, 0) is 24.5 Å². The van der Waals surface area contributed by atoms with Crippen molar-refractivity contribution in [2.75, 3.05) is 11.9 Å². The van der Waals surface area contributed by atoms with Crippen LogP contribution >= 0.6 is 0 Å². The number of nitrogens with one attached hydrogen (secondary N) is 1. The number of rotatable bonds is 6. The van der Waals surface area contributed by atoms with Gasteiger partial charge in [0.05, 0.1) is 4.92 Å². The highest BCUT2D eigenvalue weighted by atomic mass is 16.6. The first-order valence-corrected chi connectivity index (χ1v) is 6.14. The number of hydrogen-bond donors (Lipinski definition) is 1. The van der Waals surface area contributed by atoms with Gasteiger partial charge in [-0.2, -0.15) is 0 Å². The molecule has 1 heterocycles.